The third kappa shape index (κ3) is 3.35. The van der Waals surface area contributed by atoms with Gasteiger partial charge in [-0.05, 0) is 19.4 Å². The normalized spacial score (nSPS) is 20.2. The Morgan fingerprint density at radius 3 is 2.76 bits per heavy atom. The minimum absolute atomic E-state index is 0.0278. The third-order valence-corrected chi connectivity index (χ3v) is 3.63. The first-order valence-corrected chi connectivity index (χ1v) is 7.25. The van der Waals surface area contributed by atoms with Crippen molar-refractivity contribution in [3.63, 3.8) is 0 Å². The van der Waals surface area contributed by atoms with Gasteiger partial charge in [-0.3, -0.25) is 9.59 Å². The topological polar surface area (TPSA) is 75.6 Å². The molecule has 1 aromatic rings. The zero-order chi connectivity index (χ0) is 15.6. The number of hydrogen-bond donors (Lipinski definition) is 2. The van der Waals surface area contributed by atoms with Crippen LogP contribution in [0.25, 0.3) is 0 Å². The number of carbonyl (C=O) groups is 2. The molecule has 21 heavy (non-hydrogen) atoms. The van der Waals surface area contributed by atoms with E-state index in [1.807, 2.05) is 0 Å². The van der Waals surface area contributed by atoms with E-state index in [0.717, 1.165) is 0 Å². The van der Waals surface area contributed by atoms with Crippen molar-refractivity contribution in [2.45, 2.75) is 33.1 Å². The maximum Gasteiger partial charge on any atom is 0.309 e. The van der Waals surface area contributed by atoms with Crippen molar-refractivity contribution < 1.29 is 19.4 Å². The highest BCUT2D eigenvalue weighted by molar-refractivity contribution is 5.93. The standard InChI is InChI=1S/C16H21NO4/c1-4-21-16(20)12-8-11(12)10-6-5-7-13(14(10)18)17-15(19)9(2)3/h5-7,9,11-12,18H,4,8H2,1-3H3,(H,17,19)/t11-,12+/m0/s1. The van der Waals surface area contributed by atoms with Crippen molar-refractivity contribution in [3.05, 3.63) is 23.8 Å². The first-order valence-electron chi connectivity index (χ1n) is 7.25. The van der Waals surface area contributed by atoms with Crippen molar-refractivity contribution in [1.29, 1.82) is 0 Å². The minimum Gasteiger partial charge on any atom is -0.505 e. The lowest BCUT2D eigenvalue weighted by molar-refractivity contribution is -0.144. The molecule has 0 aliphatic heterocycles. The molecule has 2 rings (SSSR count). The number of phenolic OH excluding ortho intramolecular Hbond substituents is 1. The van der Waals surface area contributed by atoms with Gasteiger partial charge < -0.3 is 15.2 Å². The Balaban J connectivity index is 2.13. The van der Waals surface area contributed by atoms with Gasteiger partial charge in [0, 0.05) is 17.4 Å². The number of rotatable bonds is 5. The molecule has 114 valence electrons. The Hall–Kier alpha value is -2.04. The van der Waals surface area contributed by atoms with Gasteiger partial charge in [0.25, 0.3) is 0 Å². The molecule has 5 heteroatoms. The van der Waals surface area contributed by atoms with Crippen LogP contribution in [0.5, 0.6) is 5.75 Å². The predicted molar refractivity (Wildman–Crippen MR) is 79.1 cm³/mol. The van der Waals surface area contributed by atoms with Gasteiger partial charge in [0.05, 0.1) is 18.2 Å². The zero-order valence-electron chi connectivity index (χ0n) is 12.6. The summed E-state index contributed by atoms with van der Waals surface area (Å²) in [6.45, 7) is 5.70. The maximum atomic E-state index is 11.7. The number of benzene rings is 1. The fourth-order valence-electron chi connectivity index (χ4n) is 2.29. The molecule has 0 spiro atoms. The number of ether oxygens (including phenoxy) is 1. The fraction of sp³-hybridized carbons (Fsp3) is 0.500. The average Bonchev–Trinajstić information content (AvgIpc) is 3.21. The summed E-state index contributed by atoms with van der Waals surface area (Å²) in [5.41, 5.74) is 1.08. The van der Waals surface area contributed by atoms with Crippen molar-refractivity contribution in [3.8, 4) is 5.75 Å². The van der Waals surface area contributed by atoms with Gasteiger partial charge in [0.1, 0.15) is 5.75 Å². The molecule has 0 heterocycles. The Kier molecular flexibility index (Phi) is 4.50. The van der Waals surface area contributed by atoms with Crippen LogP contribution in [-0.2, 0) is 14.3 Å². The first kappa shape index (κ1) is 15.4. The Morgan fingerprint density at radius 2 is 2.14 bits per heavy atom. The summed E-state index contributed by atoms with van der Waals surface area (Å²) in [6, 6.07) is 5.21. The van der Waals surface area contributed by atoms with Crippen LogP contribution in [0.4, 0.5) is 5.69 Å². The highest BCUT2D eigenvalue weighted by Crippen LogP contribution is 2.52. The van der Waals surface area contributed by atoms with Gasteiger partial charge >= 0.3 is 5.97 Å². The monoisotopic (exact) mass is 291 g/mol. The molecule has 1 aromatic carbocycles. The molecule has 0 bridgehead atoms. The number of para-hydroxylation sites is 1. The number of aromatic hydroxyl groups is 1. The largest absolute Gasteiger partial charge is 0.505 e. The Bertz CT molecular complexity index is 553. The molecule has 0 saturated heterocycles. The van der Waals surface area contributed by atoms with Crippen LogP contribution in [0.2, 0.25) is 0 Å². The lowest BCUT2D eigenvalue weighted by Gasteiger charge is -2.12. The van der Waals surface area contributed by atoms with E-state index in [1.54, 1.807) is 39.0 Å². The van der Waals surface area contributed by atoms with Crippen molar-refractivity contribution >= 4 is 17.6 Å². The predicted octanol–water partition coefficient (Wildman–Crippen LogP) is 2.65. The van der Waals surface area contributed by atoms with Gasteiger partial charge in [-0.15, -0.1) is 0 Å². The number of amides is 1. The molecular formula is C16H21NO4. The molecule has 1 fully saturated rings. The van der Waals surface area contributed by atoms with Crippen LogP contribution in [0.3, 0.4) is 0 Å². The molecule has 0 unspecified atom stereocenters. The minimum atomic E-state index is -0.224. The molecule has 0 radical (unpaired) electrons. The van der Waals surface area contributed by atoms with Crippen LogP contribution in [0.1, 0.15) is 38.7 Å². The molecule has 5 nitrogen and oxygen atoms in total. The second-order valence-electron chi connectivity index (χ2n) is 5.59. The van der Waals surface area contributed by atoms with Gasteiger partial charge in [-0.25, -0.2) is 0 Å². The summed E-state index contributed by atoms with van der Waals surface area (Å²) in [4.78, 5) is 23.4. The van der Waals surface area contributed by atoms with Gasteiger partial charge in [-0.1, -0.05) is 26.0 Å². The number of phenols is 1. The number of esters is 1. The summed E-state index contributed by atoms with van der Waals surface area (Å²) in [5.74, 6) is -0.713. The van der Waals surface area contributed by atoms with Crippen LogP contribution < -0.4 is 5.32 Å². The third-order valence-electron chi connectivity index (χ3n) is 3.63. The van der Waals surface area contributed by atoms with Gasteiger partial charge in [0.15, 0.2) is 0 Å². The lowest BCUT2D eigenvalue weighted by atomic mass is 10.1. The Morgan fingerprint density at radius 1 is 1.43 bits per heavy atom. The van der Waals surface area contributed by atoms with Gasteiger partial charge in [0.2, 0.25) is 5.91 Å². The van der Waals surface area contributed by atoms with E-state index < -0.39 is 0 Å². The smallest absolute Gasteiger partial charge is 0.309 e. The Labute approximate surface area is 124 Å². The first-order chi connectivity index (χ1) is 9.95. The van der Waals surface area contributed by atoms with Crippen molar-refractivity contribution in [2.75, 3.05) is 11.9 Å². The van der Waals surface area contributed by atoms with Crippen LogP contribution in [0, 0.1) is 11.8 Å². The van der Waals surface area contributed by atoms with Gasteiger partial charge in [-0.2, -0.15) is 0 Å². The maximum absolute atomic E-state index is 11.7. The number of anilines is 1. The summed E-state index contributed by atoms with van der Waals surface area (Å²) in [6.07, 6.45) is 0.675. The molecule has 2 N–H and O–H groups in total. The molecular weight excluding hydrogens is 270 g/mol. The number of carbonyl (C=O) groups excluding carboxylic acids is 2. The molecule has 1 amide bonds. The molecule has 1 aliphatic carbocycles. The fourth-order valence-corrected chi connectivity index (χ4v) is 2.29. The second-order valence-corrected chi connectivity index (χ2v) is 5.59. The quantitative estimate of drug-likeness (QED) is 0.646. The van der Waals surface area contributed by atoms with E-state index in [-0.39, 0.29) is 35.4 Å². The van der Waals surface area contributed by atoms with E-state index in [1.165, 1.54) is 0 Å². The molecule has 1 saturated carbocycles. The SMILES string of the molecule is CCOC(=O)[C@@H]1C[C@H]1c1cccc(NC(=O)C(C)C)c1O. The van der Waals surface area contributed by atoms with Crippen molar-refractivity contribution in [2.24, 2.45) is 11.8 Å². The van der Waals surface area contributed by atoms with Crippen LogP contribution >= 0.6 is 0 Å². The highest BCUT2D eigenvalue weighted by atomic mass is 16.5. The molecule has 0 aromatic heterocycles. The van der Waals surface area contributed by atoms with E-state index in [9.17, 15) is 14.7 Å². The van der Waals surface area contributed by atoms with E-state index in [0.29, 0.717) is 24.3 Å². The molecule has 1 aliphatic rings. The zero-order valence-corrected chi connectivity index (χ0v) is 12.6. The number of nitrogens with one attached hydrogen (secondary N) is 1. The highest BCUT2D eigenvalue weighted by Gasteiger charge is 2.46. The lowest BCUT2D eigenvalue weighted by Crippen LogP contribution is -2.18. The summed E-state index contributed by atoms with van der Waals surface area (Å²) < 4.78 is 4.99. The average molecular weight is 291 g/mol. The summed E-state index contributed by atoms with van der Waals surface area (Å²) in [7, 11) is 0. The van der Waals surface area contributed by atoms with Crippen LogP contribution in [0.15, 0.2) is 18.2 Å². The van der Waals surface area contributed by atoms with E-state index >= 15 is 0 Å². The number of hydrogen-bond acceptors (Lipinski definition) is 4. The molecule has 2 atom stereocenters. The summed E-state index contributed by atoms with van der Waals surface area (Å²) in [5, 5.41) is 13.0. The van der Waals surface area contributed by atoms with Crippen LogP contribution in [-0.4, -0.2) is 23.6 Å². The van der Waals surface area contributed by atoms with E-state index in [2.05, 4.69) is 5.32 Å². The second kappa shape index (κ2) is 6.16. The van der Waals surface area contributed by atoms with Crippen molar-refractivity contribution in [1.82, 2.24) is 0 Å². The van der Waals surface area contributed by atoms with E-state index in [4.69, 9.17) is 4.74 Å². The summed E-state index contributed by atoms with van der Waals surface area (Å²) >= 11 is 0.